The van der Waals surface area contributed by atoms with Gasteiger partial charge in [0.05, 0.1) is 11.8 Å². The highest BCUT2D eigenvalue weighted by Crippen LogP contribution is 2.16. The quantitative estimate of drug-likeness (QED) is 0.839. The Morgan fingerprint density at radius 1 is 1.57 bits per heavy atom. The van der Waals surface area contributed by atoms with E-state index < -0.39 is 5.82 Å². The first-order valence-corrected chi connectivity index (χ1v) is 7.46. The number of carbonyl (C=O) groups excluding carboxylic acids is 1. The summed E-state index contributed by atoms with van der Waals surface area (Å²) in [5.41, 5.74) is 0.273. The summed E-state index contributed by atoms with van der Waals surface area (Å²) in [4.78, 5) is 18.5. The molecule has 0 radical (unpaired) electrons. The third-order valence-corrected chi connectivity index (χ3v) is 3.68. The zero-order chi connectivity index (χ0) is 15.2. The molecule has 2 heterocycles. The van der Waals surface area contributed by atoms with E-state index >= 15 is 0 Å². The summed E-state index contributed by atoms with van der Waals surface area (Å²) >= 11 is 0. The van der Waals surface area contributed by atoms with E-state index in [-0.39, 0.29) is 11.5 Å². The molecule has 1 atom stereocenters. The number of hydrogen-bond acceptors (Lipinski definition) is 4. The van der Waals surface area contributed by atoms with Crippen molar-refractivity contribution in [2.24, 2.45) is 5.92 Å². The first-order chi connectivity index (χ1) is 10.1. The van der Waals surface area contributed by atoms with Crippen molar-refractivity contribution in [3.8, 4) is 0 Å². The van der Waals surface area contributed by atoms with Gasteiger partial charge in [0.2, 0.25) is 0 Å². The van der Waals surface area contributed by atoms with E-state index in [0.29, 0.717) is 24.8 Å². The molecule has 1 aromatic heterocycles. The molecule has 1 aromatic rings. The molecule has 0 aromatic carbocycles. The predicted molar refractivity (Wildman–Crippen MR) is 80.9 cm³/mol. The zero-order valence-corrected chi connectivity index (χ0v) is 12.7. The molecule has 2 N–H and O–H groups in total. The van der Waals surface area contributed by atoms with Crippen LogP contribution in [0, 0.1) is 11.7 Å². The van der Waals surface area contributed by atoms with E-state index in [1.807, 2.05) is 6.92 Å². The van der Waals surface area contributed by atoms with Gasteiger partial charge in [-0.1, -0.05) is 6.92 Å². The number of aromatic nitrogens is 1. The second-order valence-corrected chi connectivity index (χ2v) is 5.60. The van der Waals surface area contributed by atoms with Gasteiger partial charge in [-0.25, -0.2) is 9.37 Å². The Morgan fingerprint density at radius 3 is 3.05 bits per heavy atom. The highest BCUT2D eigenvalue weighted by Gasteiger charge is 2.21. The van der Waals surface area contributed by atoms with Crippen molar-refractivity contribution in [1.29, 1.82) is 0 Å². The van der Waals surface area contributed by atoms with Crippen molar-refractivity contribution in [3.05, 3.63) is 23.6 Å². The number of nitrogens with one attached hydrogen (secondary N) is 2. The highest BCUT2D eigenvalue weighted by atomic mass is 19.1. The van der Waals surface area contributed by atoms with Crippen LogP contribution in [0.5, 0.6) is 0 Å². The third kappa shape index (κ3) is 4.39. The fourth-order valence-electron chi connectivity index (χ4n) is 2.52. The van der Waals surface area contributed by atoms with E-state index in [0.717, 1.165) is 32.1 Å². The lowest BCUT2D eigenvalue weighted by Crippen LogP contribution is -2.31. The van der Waals surface area contributed by atoms with Gasteiger partial charge in [-0.3, -0.25) is 4.79 Å². The van der Waals surface area contributed by atoms with Crippen molar-refractivity contribution in [1.82, 2.24) is 15.2 Å². The molecule has 0 spiro atoms. The van der Waals surface area contributed by atoms with Crippen LogP contribution in [-0.4, -0.2) is 49.0 Å². The number of nitrogens with zero attached hydrogens (tertiary/aromatic N) is 2. The molecule has 1 amide bonds. The fourth-order valence-corrected chi connectivity index (χ4v) is 2.52. The molecule has 1 unspecified atom stereocenters. The topological polar surface area (TPSA) is 57.3 Å². The van der Waals surface area contributed by atoms with Crippen molar-refractivity contribution in [3.63, 3.8) is 0 Å². The maximum atomic E-state index is 13.3. The largest absolute Gasteiger partial charge is 0.369 e. The van der Waals surface area contributed by atoms with Crippen molar-refractivity contribution < 1.29 is 9.18 Å². The lowest BCUT2D eigenvalue weighted by Gasteiger charge is -2.14. The summed E-state index contributed by atoms with van der Waals surface area (Å²) in [6.07, 6.45) is 3.12. The SMILES string of the molecule is CCCNc1ncc(F)cc1C(=O)NCC1CCN(C)C1. The van der Waals surface area contributed by atoms with E-state index in [1.54, 1.807) is 0 Å². The van der Waals surface area contributed by atoms with Gasteiger partial charge in [0.15, 0.2) is 0 Å². The minimum atomic E-state index is -0.497. The smallest absolute Gasteiger partial charge is 0.255 e. The van der Waals surface area contributed by atoms with E-state index in [9.17, 15) is 9.18 Å². The normalized spacial score (nSPS) is 18.7. The maximum absolute atomic E-state index is 13.3. The molecule has 0 bridgehead atoms. The average molecular weight is 294 g/mol. The average Bonchev–Trinajstić information content (AvgIpc) is 2.89. The number of anilines is 1. The van der Waals surface area contributed by atoms with Crippen LogP contribution >= 0.6 is 0 Å². The molecule has 1 fully saturated rings. The van der Waals surface area contributed by atoms with E-state index in [4.69, 9.17) is 0 Å². The second-order valence-electron chi connectivity index (χ2n) is 5.60. The Hall–Kier alpha value is -1.69. The van der Waals surface area contributed by atoms with Gasteiger partial charge < -0.3 is 15.5 Å². The van der Waals surface area contributed by atoms with Gasteiger partial charge in [-0.05, 0) is 38.4 Å². The van der Waals surface area contributed by atoms with Crippen LogP contribution in [-0.2, 0) is 0 Å². The van der Waals surface area contributed by atoms with Crippen LogP contribution in [0.25, 0.3) is 0 Å². The van der Waals surface area contributed by atoms with Crippen LogP contribution < -0.4 is 10.6 Å². The van der Waals surface area contributed by atoms with Crippen LogP contribution in [0.1, 0.15) is 30.1 Å². The molecule has 0 aliphatic carbocycles. The number of pyridine rings is 1. The molecule has 6 heteroatoms. The second kappa shape index (κ2) is 7.36. The highest BCUT2D eigenvalue weighted by molar-refractivity contribution is 5.98. The van der Waals surface area contributed by atoms with Crippen molar-refractivity contribution in [2.75, 3.05) is 38.5 Å². The van der Waals surface area contributed by atoms with Gasteiger partial charge in [0, 0.05) is 19.6 Å². The summed E-state index contributed by atoms with van der Waals surface area (Å²) in [7, 11) is 2.07. The Morgan fingerprint density at radius 2 is 2.38 bits per heavy atom. The molecule has 21 heavy (non-hydrogen) atoms. The Kier molecular flexibility index (Phi) is 5.50. The number of halogens is 1. The van der Waals surface area contributed by atoms with Gasteiger partial charge in [0.1, 0.15) is 11.6 Å². The third-order valence-electron chi connectivity index (χ3n) is 3.68. The Balaban J connectivity index is 1.98. The number of rotatable bonds is 6. The number of amides is 1. The molecule has 2 rings (SSSR count). The standard InChI is InChI=1S/C15H23FN4O/c1-3-5-17-14-13(7-12(16)9-18-14)15(21)19-8-11-4-6-20(2)10-11/h7,9,11H,3-6,8,10H2,1-2H3,(H,17,18)(H,19,21). The summed E-state index contributed by atoms with van der Waals surface area (Å²) in [5.74, 6) is 0.143. The first kappa shape index (κ1) is 15.7. The van der Waals surface area contributed by atoms with E-state index in [1.165, 1.54) is 6.07 Å². The summed E-state index contributed by atoms with van der Waals surface area (Å²) in [6.45, 7) is 5.39. The molecule has 1 aliphatic heterocycles. The molecular formula is C15H23FN4O. The summed E-state index contributed by atoms with van der Waals surface area (Å²) < 4.78 is 13.3. The first-order valence-electron chi connectivity index (χ1n) is 7.46. The Bertz CT molecular complexity index is 495. The van der Waals surface area contributed by atoms with Gasteiger partial charge in [0.25, 0.3) is 5.91 Å². The predicted octanol–water partition coefficient (Wildman–Crippen LogP) is 1.72. The Labute approximate surface area is 124 Å². The molecule has 5 nitrogen and oxygen atoms in total. The van der Waals surface area contributed by atoms with Crippen molar-refractivity contribution >= 4 is 11.7 Å². The fraction of sp³-hybridized carbons (Fsp3) is 0.600. The van der Waals surface area contributed by atoms with Crippen LogP contribution in [0.4, 0.5) is 10.2 Å². The van der Waals surface area contributed by atoms with Crippen LogP contribution in [0.2, 0.25) is 0 Å². The van der Waals surface area contributed by atoms with E-state index in [2.05, 4.69) is 27.6 Å². The zero-order valence-electron chi connectivity index (χ0n) is 12.7. The monoisotopic (exact) mass is 294 g/mol. The molecular weight excluding hydrogens is 271 g/mol. The number of hydrogen-bond donors (Lipinski definition) is 2. The van der Waals surface area contributed by atoms with Crippen molar-refractivity contribution in [2.45, 2.75) is 19.8 Å². The molecule has 116 valence electrons. The van der Waals surface area contributed by atoms with Gasteiger partial charge in [-0.15, -0.1) is 0 Å². The van der Waals surface area contributed by atoms with Gasteiger partial charge in [-0.2, -0.15) is 0 Å². The summed E-state index contributed by atoms with van der Waals surface area (Å²) in [5, 5.41) is 5.95. The summed E-state index contributed by atoms with van der Waals surface area (Å²) in [6, 6.07) is 1.24. The minimum absolute atomic E-state index is 0.268. The maximum Gasteiger partial charge on any atom is 0.255 e. The lowest BCUT2D eigenvalue weighted by atomic mass is 10.1. The molecule has 1 aliphatic rings. The molecule has 1 saturated heterocycles. The van der Waals surface area contributed by atoms with Crippen LogP contribution in [0.15, 0.2) is 12.3 Å². The molecule has 0 saturated carbocycles. The number of carbonyl (C=O) groups is 1. The number of likely N-dealkylation sites (tertiary alicyclic amines) is 1. The van der Waals surface area contributed by atoms with Gasteiger partial charge >= 0.3 is 0 Å². The van der Waals surface area contributed by atoms with Crippen LogP contribution in [0.3, 0.4) is 0 Å². The lowest BCUT2D eigenvalue weighted by molar-refractivity contribution is 0.0947. The minimum Gasteiger partial charge on any atom is -0.369 e.